The van der Waals surface area contributed by atoms with E-state index in [4.69, 9.17) is 0 Å². The van der Waals surface area contributed by atoms with Gasteiger partial charge in [-0.3, -0.25) is 0 Å². The van der Waals surface area contributed by atoms with Crippen molar-refractivity contribution in [3.05, 3.63) is 104 Å². The molecule has 0 aliphatic rings. The molecule has 44 heavy (non-hydrogen) atoms. The molecule has 0 radical (unpaired) electrons. The standard InChI is InChI=1S/C40H42S2.C2H6/c1-5-7-9-11-13-33-27-37-35(25-23-31-19-15-29(3)16-20-31)40-38(28-34(42-40)14-12-10-8-6-2)36(39(37)41-33)26-24-32-21-17-30(4)18-22-32;1-2/h15-22,27-28H,5-14H2,1-4H3;1-2H3. The lowest BCUT2D eigenvalue weighted by atomic mass is 10.0. The van der Waals surface area contributed by atoms with Gasteiger partial charge in [0.2, 0.25) is 0 Å². The molecule has 2 heteroatoms. The Kier molecular flexibility index (Phi) is 13.2. The quantitative estimate of drug-likeness (QED) is 0.108. The van der Waals surface area contributed by atoms with Gasteiger partial charge in [-0.25, -0.2) is 0 Å². The number of benzene rings is 3. The van der Waals surface area contributed by atoms with Gasteiger partial charge in [0.05, 0.1) is 20.5 Å². The summed E-state index contributed by atoms with van der Waals surface area (Å²) in [7, 11) is 0. The SMILES string of the molecule is CC.CCCCCCc1cc2c(C#Cc3ccc(C)cc3)c3sc(CCCCCC)cc3c(C#Cc3ccc(C)cc3)c2s1. The smallest absolute Gasteiger partial charge is 0.0522 e. The number of rotatable bonds is 10. The predicted molar refractivity (Wildman–Crippen MR) is 199 cm³/mol. The molecule has 0 fully saturated rings. The number of unbranched alkanes of at least 4 members (excludes halogenated alkanes) is 6. The maximum absolute atomic E-state index is 3.67. The second-order valence-corrected chi connectivity index (χ2v) is 13.8. The van der Waals surface area contributed by atoms with Crippen molar-refractivity contribution < 1.29 is 0 Å². The molecular formula is C42H48S2. The molecule has 5 aromatic rings. The fraction of sp³-hybridized carbons (Fsp3) is 0.381. The molecule has 0 saturated carbocycles. The summed E-state index contributed by atoms with van der Waals surface area (Å²) in [6, 6.07) is 22.0. The van der Waals surface area contributed by atoms with Gasteiger partial charge in [-0.2, -0.15) is 0 Å². The van der Waals surface area contributed by atoms with Crippen LogP contribution in [0.5, 0.6) is 0 Å². The number of thiophene rings is 2. The first kappa shape index (κ1) is 33.6. The maximum Gasteiger partial charge on any atom is 0.0522 e. The lowest BCUT2D eigenvalue weighted by Gasteiger charge is -2.03. The van der Waals surface area contributed by atoms with Gasteiger partial charge in [0.25, 0.3) is 0 Å². The zero-order chi connectivity index (χ0) is 31.3. The second kappa shape index (κ2) is 17.3. The Labute approximate surface area is 274 Å². The van der Waals surface area contributed by atoms with E-state index in [9.17, 15) is 0 Å². The van der Waals surface area contributed by atoms with Crippen molar-refractivity contribution in [1.29, 1.82) is 0 Å². The fourth-order valence-corrected chi connectivity index (χ4v) is 7.80. The first-order valence-corrected chi connectivity index (χ1v) is 18.4. The molecule has 5 rings (SSSR count). The zero-order valence-corrected chi connectivity index (χ0v) is 29.3. The highest BCUT2D eigenvalue weighted by Gasteiger charge is 2.18. The summed E-state index contributed by atoms with van der Waals surface area (Å²) in [4.78, 5) is 2.91. The van der Waals surface area contributed by atoms with Gasteiger partial charge in [-0.1, -0.05) is 125 Å². The molecule has 0 N–H and O–H groups in total. The third-order valence-corrected chi connectivity index (χ3v) is 10.3. The van der Waals surface area contributed by atoms with E-state index < -0.39 is 0 Å². The molecule has 0 saturated heterocycles. The van der Waals surface area contributed by atoms with E-state index in [2.05, 4.69) is 112 Å². The summed E-state index contributed by atoms with van der Waals surface area (Å²) >= 11 is 3.88. The highest BCUT2D eigenvalue weighted by Crippen LogP contribution is 2.42. The summed E-state index contributed by atoms with van der Waals surface area (Å²) in [5.74, 6) is 14.4. The largest absolute Gasteiger partial charge is 0.139 e. The Morgan fingerprint density at radius 3 is 1.25 bits per heavy atom. The van der Waals surface area contributed by atoms with Crippen LogP contribution in [0.4, 0.5) is 0 Å². The van der Waals surface area contributed by atoms with Gasteiger partial charge in [0.15, 0.2) is 0 Å². The average Bonchev–Trinajstić information content (AvgIpc) is 3.66. The highest BCUT2D eigenvalue weighted by molar-refractivity contribution is 7.21. The molecule has 228 valence electrons. The Morgan fingerprint density at radius 1 is 0.500 bits per heavy atom. The lowest BCUT2D eigenvalue weighted by Crippen LogP contribution is -1.85. The monoisotopic (exact) mass is 616 g/mol. The minimum Gasteiger partial charge on any atom is -0.139 e. The van der Waals surface area contributed by atoms with Crippen LogP contribution in [0.15, 0.2) is 60.7 Å². The van der Waals surface area contributed by atoms with E-state index in [1.54, 1.807) is 0 Å². The number of hydrogen-bond acceptors (Lipinski definition) is 2. The molecule has 0 amide bonds. The lowest BCUT2D eigenvalue weighted by molar-refractivity contribution is 0.670. The molecule has 0 unspecified atom stereocenters. The van der Waals surface area contributed by atoms with Crippen LogP contribution in [-0.2, 0) is 12.8 Å². The first-order valence-electron chi connectivity index (χ1n) is 16.7. The van der Waals surface area contributed by atoms with E-state index in [-0.39, 0.29) is 0 Å². The average molecular weight is 617 g/mol. The van der Waals surface area contributed by atoms with Crippen LogP contribution in [0.3, 0.4) is 0 Å². The van der Waals surface area contributed by atoms with Gasteiger partial charge < -0.3 is 0 Å². The molecule has 0 bridgehead atoms. The molecule has 0 atom stereocenters. The van der Waals surface area contributed by atoms with Crippen LogP contribution in [0.2, 0.25) is 0 Å². The van der Waals surface area contributed by atoms with E-state index >= 15 is 0 Å². The summed E-state index contributed by atoms with van der Waals surface area (Å²) in [5.41, 5.74) is 7.02. The first-order chi connectivity index (χ1) is 21.6. The molecule has 2 aromatic heterocycles. The highest BCUT2D eigenvalue weighted by atomic mass is 32.1. The van der Waals surface area contributed by atoms with E-state index in [1.807, 2.05) is 36.5 Å². The van der Waals surface area contributed by atoms with E-state index in [0.29, 0.717) is 0 Å². The molecule has 0 aliphatic heterocycles. The minimum absolute atomic E-state index is 1.07. The molecule has 0 nitrogen and oxygen atoms in total. The summed E-state index contributed by atoms with van der Waals surface area (Å²) < 4.78 is 2.60. The van der Waals surface area contributed by atoms with Crippen molar-refractivity contribution in [3.8, 4) is 23.7 Å². The third-order valence-electron chi connectivity index (χ3n) is 7.88. The van der Waals surface area contributed by atoms with Crippen molar-refractivity contribution in [2.45, 2.75) is 106 Å². The molecule has 0 spiro atoms. The zero-order valence-electron chi connectivity index (χ0n) is 27.7. The van der Waals surface area contributed by atoms with Crippen LogP contribution in [-0.4, -0.2) is 0 Å². The van der Waals surface area contributed by atoms with Crippen molar-refractivity contribution in [1.82, 2.24) is 0 Å². The Bertz CT molecular complexity index is 1570. The molecular weight excluding hydrogens is 569 g/mol. The van der Waals surface area contributed by atoms with E-state index in [1.165, 1.54) is 104 Å². The second-order valence-electron chi connectivity index (χ2n) is 11.5. The normalized spacial score (nSPS) is 10.6. The van der Waals surface area contributed by atoms with Crippen LogP contribution >= 0.6 is 22.7 Å². The van der Waals surface area contributed by atoms with Crippen LogP contribution < -0.4 is 0 Å². The molecule has 0 aliphatic carbocycles. The number of aryl methyl sites for hydroxylation is 4. The van der Waals surface area contributed by atoms with Crippen molar-refractivity contribution in [2.24, 2.45) is 0 Å². The van der Waals surface area contributed by atoms with Gasteiger partial charge in [-0.15, -0.1) is 22.7 Å². The topological polar surface area (TPSA) is 0 Å². The molecule has 3 aromatic carbocycles. The summed E-state index contributed by atoms with van der Waals surface area (Å²) in [6.07, 6.45) is 12.5. The van der Waals surface area contributed by atoms with Gasteiger partial charge in [-0.05, 0) is 75.9 Å². The Morgan fingerprint density at radius 2 is 0.886 bits per heavy atom. The van der Waals surface area contributed by atoms with Gasteiger partial charge >= 0.3 is 0 Å². The van der Waals surface area contributed by atoms with Crippen molar-refractivity contribution in [3.63, 3.8) is 0 Å². The van der Waals surface area contributed by atoms with Crippen LogP contribution in [0.25, 0.3) is 20.2 Å². The Hall–Kier alpha value is -3.30. The van der Waals surface area contributed by atoms with Crippen molar-refractivity contribution in [2.75, 3.05) is 0 Å². The van der Waals surface area contributed by atoms with Crippen LogP contribution in [0.1, 0.15) is 122 Å². The summed E-state index contributed by atoms with van der Waals surface area (Å²) in [5, 5.41) is 2.57. The maximum atomic E-state index is 3.67. The van der Waals surface area contributed by atoms with Gasteiger partial charge in [0, 0.05) is 31.7 Å². The third kappa shape index (κ3) is 8.88. The fourth-order valence-electron chi connectivity index (χ4n) is 5.36. The van der Waals surface area contributed by atoms with Crippen molar-refractivity contribution >= 4 is 42.8 Å². The van der Waals surface area contributed by atoms with Gasteiger partial charge in [0.1, 0.15) is 0 Å². The summed E-state index contributed by atoms with van der Waals surface area (Å²) in [6.45, 7) is 12.8. The predicted octanol–water partition coefficient (Wildman–Crippen LogP) is 12.8. The number of fused-ring (bicyclic) bond motifs is 2. The minimum atomic E-state index is 1.07. The van der Waals surface area contributed by atoms with Crippen LogP contribution in [0, 0.1) is 37.5 Å². The Balaban J connectivity index is 0.00000216. The number of hydrogen-bond donors (Lipinski definition) is 0. The van der Waals surface area contributed by atoms with E-state index in [0.717, 1.165) is 24.0 Å². The molecule has 2 heterocycles.